The number of aliphatic hydroxyl groups excluding tert-OH is 1. The van der Waals surface area contributed by atoms with E-state index in [9.17, 15) is 43.2 Å². The Kier molecular flexibility index (Phi) is 79.6. The third-order valence-corrected chi connectivity index (χ3v) is 22.5. The Morgan fingerprint density at radius 2 is 0.377 bits per heavy atom. The number of carbonyl (C=O) groups is 4. The zero-order chi connectivity index (χ0) is 77.4. The van der Waals surface area contributed by atoms with E-state index in [1.165, 1.54) is 308 Å². The van der Waals surface area contributed by atoms with Crippen LogP contribution in [0, 0.1) is 0 Å². The van der Waals surface area contributed by atoms with Crippen LogP contribution in [0.15, 0.2) is 0 Å². The molecule has 5 atom stereocenters. The fraction of sp³-hybridized carbons (Fsp3) is 0.954. The van der Waals surface area contributed by atoms with Crippen LogP contribution in [0.3, 0.4) is 0 Å². The molecule has 0 heterocycles. The van der Waals surface area contributed by atoms with Gasteiger partial charge in [-0.1, -0.05) is 426 Å². The second-order valence-electron chi connectivity index (χ2n) is 31.3. The molecule has 19 heteroatoms. The summed E-state index contributed by atoms with van der Waals surface area (Å²) in [7, 11) is -9.93. The van der Waals surface area contributed by atoms with Gasteiger partial charge < -0.3 is 33.8 Å². The summed E-state index contributed by atoms with van der Waals surface area (Å²) in [5.41, 5.74) is 0. The molecule has 0 aliphatic carbocycles. The molecular formula is C87H170O17P2. The predicted molar refractivity (Wildman–Crippen MR) is 437 cm³/mol. The Morgan fingerprint density at radius 3 is 0.557 bits per heavy atom. The van der Waals surface area contributed by atoms with E-state index in [2.05, 4.69) is 27.7 Å². The SMILES string of the molecule is CCCCCCCCCCCCCCCCCCCCCCCC(=O)O[C@H](COC(=O)CCCCCCCCCCCCCCCCCC)COP(=O)(O)OC[C@@H](O)COP(=O)(O)OC[C@@H](COC(=O)CCCCCCCCCCCCCCC)OC(=O)CCCCCCCCCCCCCCCCCC. The quantitative estimate of drug-likeness (QED) is 0.0222. The van der Waals surface area contributed by atoms with E-state index in [4.69, 9.17) is 37.0 Å². The number of unbranched alkanes of at least 4 members (excludes halogenated alkanes) is 62. The lowest BCUT2D eigenvalue weighted by atomic mass is 10.0. The van der Waals surface area contributed by atoms with E-state index in [1.807, 2.05) is 0 Å². The van der Waals surface area contributed by atoms with Crippen molar-refractivity contribution in [3.8, 4) is 0 Å². The first-order valence-electron chi connectivity index (χ1n) is 45.3. The van der Waals surface area contributed by atoms with Gasteiger partial charge in [0.05, 0.1) is 26.4 Å². The van der Waals surface area contributed by atoms with Gasteiger partial charge in [-0.25, -0.2) is 9.13 Å². The average Bonchev–Trinajstić information content (AvgIpc) is 0.914. The number of hydrogen-bond acceptors (Lipinski definition) is 15. The van der Waals surface area contributed by atoms with Gasteiger partial charge in [-0.15, -0.1) is 0 Å². The highest BCUT2D eigenvalue weighted by molar-refractivity contribution is 7.47. The van der Waals surface area contributed by atoms with Crippen LogP contribution in [-0.2, 0) is 65.4 Å². The highest BCUT2D eigenvalue weighted by Gasteiger charge is 2.30. The van der Waals surface area contributed by atoms with Gasteiger partial charge in [0, 0.05) is 25.7 Å². The van der Waals surface area contributed by atoms with Crippen molar-refractivity contribution >= 4 is 39.5 Å². The molecule has 3 N–H and O–H groups in total. The zero-order valence-corrected chi connectivity index (χ0v) is 71.2. The van der Waals surface area contributed by atoms with Crippen molar-refractivity contribution in [3.05, 3.63) is 0 Å². The molecule has 0 aliphatic rings. The third-order valence-electron chi connectivity index (χ3n) is 20.6. The Hall–Kier alpha value is -1.94. The van der Waals surface area contributed by atoms with Crippen molar-refractivity contribution in [2.24, 2.45) is 0 Å². The van der Waals surface area contributed by atoms with Gasteiger partial charge in [-0.2, -0.15) is 0 Å². The topological polar surface area (TPSA) is 237 Å². The Morgan fingerprint density at radius 1 is 0.226 bits per heavy atom. The summed E-state index contributed by atoms with van der Waals surface area (Å²) in [4.78, 5) is 73.3. The van der Waals surface area contributed by atoms with Crippen LogP contribution in [0.4, 0.5) is 0 Å². The van der Waals surface area contributed by atoms with Crippen molar-refractivity contribution in [1.82, 2.24) is 0 Å². The molecule has 106 heavy (non-hydrogen) atoms. The lowest BCUT2D eigenvalue weighted by molar-refractivity contribution is -0.161. The van der Waals surface area contributed by atoms with Crippen LogP contribution in [0.1, 0.15) is 477 Å². The van der Waals surface area contributed by atoms with Gasteiger partial charge in [-0.3, -0.25) is 37.3 Å². The van der Waals surface area contributed by atoms with Gasteiger partial charge in [0.15, 0.2) is 12.2 Å². The second kappa shape index (κ2) is 81.1. The minimum absolute atomic E-state index is 0.109. The van der Waals surface area contributed by atoms with Crippen LogP contribution < -0.4 is 0 Å². The number of carbonyl (C=O) groups excluding carboxylic acids is 4. The van der Waals surface area contributed by atoms with Gasteiger partial charge in [0.25, 0.3) is 0 Å². The van der Waals surface area contributed by atoms with Gasteiger partial charge in [-0.05, 0) is 25.7 Å². The fourth-order valence-corrected chi connectivity index (χ4v) is 15.3. The summed E-state index contributed by atoms with van der Waals surface area (Å²) in [6.07, 6.45) is 76.3. The van der Waals surface area contributed by atoms with E-state index in [0.717, 1.165) is 89.9 Å². The molecule has 0 saturated heterocycles. The Balaban J connectivity index is 5.25. The molecular weight excluding hydrogens is 1380 g/mol. The predicted octanol–water partition coefficient (Wildman–Crippen LogP) is 26.9. The summed E-state index contributed by atoms with van der Waals surface area (Å²) in [6, 6.07) is 0. The summed E-state index contributed by atoms with van der Waals surface area (Å²) < 4.78 is 69.0. The molecule has 0 radical (unpaired) electrons. The highest BCUT2D eigenvalue weighted by atomic mass is 31.2. The minimum atomic E-state index is -4.97. The molecule has 0 fully saturated rings. The lowest BCUT2D eigenvalue weighted by Gasteiger charge is -2.21. The number of ether oxygens (including phenoxy) is 4. The van der Waals surface area contributed by atoms with Crippen LogP contribution in [0.5, 0.6) is 0 Å². The number of aliphatic hydroxyl groups is 1. The molecule has 0 aromatic heterocycles. The zero-order valence-electron chi connectivity index (χ0n) is 69.4. The number of esters is 4. The summed E-state index contributed by atoms with van der Waals surface area (Å²) in [5, 5.41) is 10.7. The maximum absolute atomic E-state index is 13.2. The second-order valence-corrected chi connectivity index (χ2v) is 34.2. The van der Waals surface area contributed by atoms with Crippen molar-refractivity contribution in [3.63, 3.8) is 0 Å². The highest BCUT2D eigenvalue weighted by Crippen LogP contribution is 2.45. The van der Waals surface area contributed by atoms with E-state index in [-0.39, 0.29) is 25.7 Å². The monoisotopic (exact) mass is 1550 g/mol. The summed E-state index contributed by atoms with van der Waals surface area (Å²) in [6.45, 7) is 5.07. The van der Waals surface area contributed by atoms with Crippen LogP contribution in [0.2, 0.25) is 0 Å². The first kappa shape index (κ1) is 104. The number of rotatable bonds is 88. The molecule has 0 rings (SSSR count). The average molecular weight is 1550 g/mol. The third kappa shape index (κ3) is 80.1. The first-order chi connectivity index (χ1) is 51.7. The van der Waals surface area contributed by atoms with Gasteiger partial charge in [0.2, 0.25) is 0 Å². The molecule has 0 spiro atoms. The molecule has 630 valence electrons. The fourth-order valence-electron chi connectivity index (χ4n) is 13.7. The molecule has 0 aliphatic heterocycles. The molecule has 0 aromatic carbocycles. The Labute approximate surface area is 651 Å². The largest absolute Gasteiger partial charge is 0.472 e. The standard InChI is InChI=1S/C87H170O17P2/c1-5-9-13-17-21-25-29-33-36-39-40-41-42-43-46-50-54-58-62-66-70-74-87(92)104-83(78-98-85(90)72-68-64-60-56-52-48-44-37-34-30-26-22-18-14-10-6-2)80-102-106(95,96)100-76-81(88)75-99-105(93,94)101-79-82(77-97-84(89)71-67-63-59-55-51-47-32-28-24-20-16-12-8-4)103-86(91)73-69-65-61-57-53-49-45-38-35-31-27-23-19-15-11-7-3/h81-83,88H,5-80H2,1-4H3,(H,93,94)(H,95,96)/t81-,82+,83+/m0/s1. The van der Waals surface area contributed by atoms with Crippen molar-refractivity contribution in [1.29, 1.82) is 0 Å². The minimum Gasteiger partial charge on any atom is -0.462 e. The lowest BCUT2D eigenvalue weighted by Crippen LogP contribution is -2.30. The van der Waals surface area contributed by atoms with Crippen LogP contribution in [0.25, 0.3) is 0 Å². The maximum Gasteiger partial charge on any atom is 0.472 e. The molecule has 0 saturated carbocycles. The van der Waals surface area contributed by atoms with Gasteiger partial charge >= 0.3 is 39.5 Å². The van der Waals surface area contributed by atoms with E-state index >= 15 is 0 Å². The first-order valence-corrected chi connectivity index (χ1v) is 48.3. The van der Waals surface area contributed by atoms with Crippen LogP contribution >= 0.6 is 15.6 Å². The van der Waals surface area contributed by atoms with Gasteiger partial charge in [0.1, 0.15) is 19.3 Å². The molecule has 0 aromatic rings. The van der Waals surface area contributed by atoms with Crippen molar-refractivity contribution in [2.75, 3.05) is 39.6 Å². The van der Waals surface area contributed by atoms with Crippen molar-refractivity contribution in [2.45, 2.75) is 495 Å². The molecule has 0 bridgehead atoms. The normalized spacial score (nSPS) is 13.7. The van der Waals surface area contributed by atoms with Crippen molar-refractivity contribution < 1.29 is 80.2 Å². The molecule has 2 unspecified atom stereocenters. The maximum atomic E-state index is 13.2. The number of phosphoric ester groups is 2. The smallest absolute Gasteiger partial charge is 0.462 e. The van der Waals surface area contributed by atoms with E-state index < -0.39 is 97.5 Å². The molecule has 0 amide bonds. The van der Waals surface area contributed by atoms with E-state index in [1.54, 1.807) is 0 Å². The molecule has 17 nitrogen and oxygen atoms in total. The summed E-state index contributed by atoms with van der Waals surface area (Å²) >= 11 is 0. The van der Waals surface area contributed by atoms with Crippen LogP contribution in [-0.4, -0.2) is 96.7 Å². The summed E-state index contributed by atoms with van der Waals surface area (Å²) in [5.74, 6) is -2.09. The van der Waals surface area contributed by atoms with E-state index in [0.29, 0.717) is 25.7 Å². The number of hydrogen-bond donors (Lipinski definition) is 3. The number of phosphoric acid groups is 2. The Bertz CT molecular complexity index is 2000.